The molecule has 1 N–H and O–H groups in total. The fraction of sp³-hybridized carbons (Fsp3) is 0.625. The highest BCUT2D eigenvalue weighted by molar-refractivity contribution is 6.30. The topological polar surface area (TPSA) is 35.6 Å². The fourth-order valence-corrected chi connectivity index (χ4v) is 1.36. The molecule has 0 aromatic heterocycles. The van der Waals surface area contributed by atoms with Crippen molar-refractivity contribution in [1.82, 2.24) is 15.1 Å². The lowest BCUT2D eigenvalue weighted by Gasteiger charge is -2.34. The maximum atomic E-state index is 11.7. The monoisotopic (exact) mass is 203 g/mol. The number of carbonyl (C=O) groups excluding carboxylic acids is 1. The molecule has 1 aliphatic rings. The molecular weight excluding hydrogens is 190 g/mol. The Balaban J connectivity index is 2.94. The molecule has 1 heterocycles. The molecule has 1 amide bonds. The molecule has 1 atom stereocenters. The summed E-state index contributed by atoms with van der Waals surface area (Å²) in [6.07, 6.45) is -0.360. The number of nitrogens with zero attached hydrogens (tertiary/aromatic N) is 2. The van der Waals surface area contributed by atoms with Gasteiger partial charge in [-0.25, -0.2) is 0 Å². The van der Waals surface area contributed by atoms with Crippen molar-refractivity contribution in [3.63, 3.8) is 0 Å². The van der Waals surface area contributed by atoms with E-state index in [4.69, 9.17) is 11.6 Å². The number of likely N-dealkylation sites (N-methyl/N-ethyl adjacent to an activating group) is 2. The summed E-state index contributed by atoms with van der Waals surface area (Å²) in [5.41, 5.74) is 0.754. The molecule has 0 aromatic rings. The van der Waals surface area contributed by atoms with Gasteiger partial charge in [-0.1, -0.05) is 11.6 Å². The number of nitrogens with one attached hydrogen (secondary N) is 1. The van der Waals surface area contributed by atoms with E-state index in [1.807, 2.05) is 14.1 Å². The second-order valence-electron chi connectivity index (χ2n) is 3.31. The fourth-order valence-electron chi connectivity index (χ4n) is 1.13. The van der Waals surface area contributed by atoms with Gasteiger partial charge in [0.25, 0.3) is 5.91 Å². The van der Waals surface area contributed by atoms with Crippen LogP contribution in [0.15, 0.2) is 10.9 Å². The third kappa shape index (κ3) is 1.78. The molecule has 0 fully saturated rings. The van der Waals surface area contributed by atoms with Crippen LogP contribution in [0.1, 0.15) is 6.92 Å². The van der Waals surface area contributed by atoms with Gasteiger partial charge in [0, 0.05) is 7.05 Å². The van der Waals surface area contributed by atoms with E-state index in [1.165, 1.54) is 0 Å². The zero-order chi connectivity index (χ0) is 10.2. The lowest BCUT2D eigenvalue weighted by atomic mass is 10.3. The molecule has 0 saturated carbocycles. The number of halogens is 1. The Kier molecular flexibility index (Phi) is 2.83. The van der Waals surface area contributed by atoms with Crippen molar-refractivity contribution >= 4 is 17.5 Å². The third-order valence-electron chi connectivity index (χ3n) is 2.17. The molecule has 74 valence electrons. The molecule has 0 aliphatic carbocycles. The minimum absolute atomic E-state index is 0.00639. The Morgan fingerprint density at radius 3 is 2.54 bits per heavy atom. The van der Waals surface area contributed by atoms with Gasteiger partial charge in [0.05, 0.1) is 5.70 Å². The van der Waals surface area contributed by atoms with Crippen molar-refractivity contribution in [2.45, 2.75) is 13.1 Å². The van der Waals surface area contributed by atoms with Gasteiger partial charge in [-0.2, -0.15) is 0 Å². The zero-order valence-electron chi connectivity index (χ0n) is 8.26. The van der Waals surface area contributed by atoms with E-state index in [9.17, 15) is 4.79 Å². The molecule has 1 rings (SSSR count). The highest BCUT2D eigenvalue weighted by atomic mass is 35.5. The molecule has 1 unspecified atom stereocenters. The first-order valence-electron chi connectivity index (χ1n) is 4.02. The minimum Gasteiger partial charge on any atom is -0.351 e. The molecular formula is C8H14ClN3O. The predicted octanol–water partition coefficient (Wildman–Crippen LogP) is 0.364. The van der Waals surface area contributed by atoms with Gasteiger partial charge >= 0.3 is 0 Å². The van der Waals surface area contributed by atoms with Crippen molar-refractivity contribution in [2.75, 3.05) is 21.1 Å². The average Bonchev–Trinajstić information content (AvgIpc) is 2.07. The highest BCUT2D eigenvalue weighted by Crippen LogP contribution is 2.17. The van der Waals surface area contributed by atoms with E-state index in [-0.39, 0.29) is 12.1 Å². The summed E-state index contributed by atoms with van der Waals surface area (Å²) >= 11 is 5.91. The number of carbonyl (C=O) groups is 1. The second-order valence-corrected chi connectivity index (χ2v) is 3.69. The summed E-state index contributed by atoms with van der Waals surface area (Å²) in [6.45, 7) is 1.80. The van der Waals surface area contributed by atoms with Crippen LogP contribution in [0.4, 0.5) is 0 Å². The zero-order valence-corrected chi connectivity index (χ0v) is 9.01. The summed E-state index contributed by atoms with van der Waals surface area (Å²) in [7, 11) is 5.37. The van der Waals surface area contributed by atoms with Crippen LogP contribution < -0.4 is 5.32 Å². The van der Waals surface area contributed by atoms with Crippen molar-refractivity contribution in [3.05, 3.63) is 10.9 Å². The van der Waals surface area contributed by atoms with Gasteiger partial charge in [-0.3, -0.25) is 9.69 Å². The quantitative estimate of drug-likeness (QED) is 0.626. The number of amides is 1. The first kappa shape index (κ1) is 10.3. The standard InChI is InChI=1S/C8H14ClN3O/c1-5-6(9)10-7(11(2)3)8(13)12(5)4/h7,10H,1-4H3. The van der Waals surface area contributed by atoms with Gasteiger partial charge in [-0.15, -0.1) is 0 Å². The summed E-state index contributed by atoms with van der Waals surface area (Å²) in [5.74, 6) is 0.00639. The van der Waals surface area contributed by atoms with Crippen LogP contribution in [-0.2, 0) is 4.79 Å². The third-order valence-corrected chi connectivity index (χ3v) is 2.55. The van der Waals surface area contributed by atoms with Crippen LogP contribution in [0, 0.1) is 0 Å². The normalized spacial score (nSPS) is 24.0. The highest BCUT2D eigenvalue weighted by Gasteiger charge is 2.30. The number of hydrogen-bond acceptors (Lipinski definition) is 3. The maximum absolute atomic E-state index is 11.7. The number of hydrogen-bond donors (Lipinski definition) is 1. The summed E-state index contributed by atoms with van der Waals surface area (Å²) < 4.78 is 0. The van der Waals surface area contributed by atoms with Crippen LogP contribution in [0.25, 0.3) is 0 Å². The average molecular weight is 204 g/mol. The predicted molar refractivity (Wildman–Crippen MR) is 51.9 cm³/mol. The van der Waals surface area contributed by atoms with Gasteiger partial charge < -0.3 is 10.2 Å². The molecule has 1 aliphatic heterocycles. The molecule has 0 bridgehead atoms. The molecule has 5 heteroatoms. The Bertz CT molecular complexity index is 262. The second kappa shape index (κ2) is 3.55. The minimum atomic E-state index is -0.360. The van der Waals surface area contributed by atoms with Crippen molar-refractivity contribution in [1.29, 1.82) is 0 Å². The van der Waals surface area contributed by atoms with Crippen LogP contribution in [0.5, 0.6) is 0 Å². The number of allylic oxidation sites excluding steroid dienone is 1. The molecule has 0 aromatic carbocycles. The maximum Gasteiger partial charge on any atom is 0.264 e. The molecule has 13 heavy (non-hydrogen) atoms. The van der Waals surface area contributed by atoms with E-state index >= 15 is 0 Å². The van der Waals surface area contributed by atoms with E-state index < -0.39 is 0 Å². The molecule has 0 saturated heterocycles. The lowest BCUT2D eigenvalue weighted by Crippen LogP contribution is -2.55. The molecule has 0 radical (unpaired) electrons. The van der Waals surface area contributed by atoms with E-state index in [0.717, 1.165) is 5.70 Å². The van der Waals surface area contributed by atoms with Gasteiger partial charge in [0.15, 0.2) is 6.17 Å². The van der Waals surface area contributed by atoms with Gasteiger partial charge in [0.2, 0.25) is 0 Å². The van der Waals surface area contributed by atoms with Crippen molar-refractivity contribution in [2.24, 2.45) is 0 Å². The summed E-state index contributed by atoms with van der Waals surface area (Å²) in [4.78, 5) is 15.0. The Morgan fingerprint density at radius 2 is 2.08 bits per heavy atom. The smallest absolute Gasteiger partial charge is 0.264 e. The SMILES string of the molecule is CC1=C(Cl)NC(N(C)C)C(=O)N1C. The molecule has 0 spiro atoms. The Morgan fingerprint density at radius 1 is 1.54 bits per heavy atom. The van der Waals surface area contributed by atoms with Gasteiger partial charge in [-0.05, 0) is 21.0 Å². The number of rotatable bonds is 1. The van der Waals surface area contributed by atoms with E-state index in [2.05, 4.69) is 5.32 Å². The van der Waals surface area contributed by atoms with Crippen molar-refractivity contribution < 1.29 is 4.79 Å². The summed E-state index contributed by atoms with van der Waals surface area (Å²) in [5, 5.41) is 3.45. The molecule has 4 nitrogen and oxygen atoms in total. The van der Waals surface area contributed by atoms with Crippen LogP contribution >= 0.6 is 11.6 Å². The summed E-state index contributed by atoms with van der Waals surface area (Å²) in [6, 6.07) is 0. The van der Waals surface area contributed by atoms with E-state index in [1.54, 1.807) is 23.8 Å². The van der Waals surface area contributed by atoms with Crippen LogP contribution in [0.3, 0.4) is 0 Å². The Labute approximate surface area is 83.1 Å². The first-order valence-corrected chi connectivity index (χ1v) is 4.40. The largest absolute Gasteiger partial charge is 0.351 e. The van der Waals surface area contributed by atoms with E-state index in [0.29, 0.717) is 5.16 Å². The van der Waals surface area contributed by atoms with Crippen LogP contribution in [0.2, 0.25) is 0 Å². The van der Waals surface area contributed by atoms with Crippen molar-refractivity contribution in [3.8, 4) is 0 Å². The van der Waals surface area contributed by atoms with Crippen LogP contribution in [-0.4, -0.2) is 43.0 Å². The Hall–Kier alpha value is -0.740. The van der Waals surface area contributed by atoms with Gasteiger partial charge in [0.1, 0.15) is 5.16 Å². The first-order chi connectivity index (χ1) is 5.95. The lowest BCUT2D eigenvalue weighted by molar-refractivity contribution is -0.134.